The Hall–Kier alpha value is -2.90. The fourth-order valence-electron chi connectivity index (χ4n) is 4.27. The van der Waals surface area contributed by atoms with Crippen LogP contribution in [0.1, 0.15) is 22.7 Å². The predicted molar refractivity (Wildman–Crippen MR) is 106 cm³/mol. The van der Waals surface area contributed by atoms with E-state index in [9.17, 15) is 26.7 Å². The first kappa shape index (κ1) is 21.3. The Labute approximate surface area is 177 Å². The molecule has 1 atom stereocenters. The number of benzene rings is 2. The lowest BCUT2D eigenvalue weighted by Gasteiger charge is -2.41. The van der Waals surface area contributed by atoms with Crippen molar-refractivity contribution in [3.63, 3.8) is 0 Å². The van der Waals surface area contributed by atoms with Gasteiger partial charge in [-0.25, -0.2) is 0 Å². The molecule has 1 heterocycles. The standard InChI is InChI=1S/C21H18F3NO5S/c1-3-7-25-8-6-13-9-14(29-2)11-15-18(13)16(25)10-12-4-5-17(20(26)19(12)15)30-31(27,28)21(22,23)24/h1,4-5,9,11,16,26H,6-8,10H2,2H3/t16-/m1/s1. The van der Waals surface area contributed by atoms with Crippen molar-refractivity contribution in [1.82, 2.24) is 4.90 Å². The van der Waals surface area contributed by atoms with Crippen LogP contribution < -0.4 is 8.92 Å². The zero-order valence-electron chi connectivity index (χ0n) is 16.4. The van der Waals surface area contributed by atoms with E-state index in [1.807, 2.05) is 6.07 Å². The summed E-state index contributed by atoms with van der Waals surface area (Å²) in [7, 11) is -4.45. The van der Waals surface area contributed by atoms with Crippen molar-refractivity contribution in [2.45, 2.75) is 24.4 Å². The average molecular weight is 453 g/mol. The summed E-state index contributed by atoms with van der Waals surface area (Å²) < 4.78 is 70.8. The largest absolute Gasteiger partial charge is 0.534 e. The van der Waals surface area contributed by atoms with Gasteiger partial charge in [0.25, 0.3) is 0 Å². The lowest BCUT2D eigenvalue weighted by atomic mass is 9.76. The van der Waals surface area contributed by atoms with Crippen molar-refractivity contribution in [3.05, 3.63) is 41.0 Å². The molecular weight excluding hydrogens is 435 g/mol. The van der Waals surface area contributed by atoms with Crippen LogP contribution in [-0.2, 0) is 23.0 Å². The summed E-state index contributed by atoms with van der Waals surface area (Å²) in [6.07, 6.45) is 6.63. The number of hydrogen-bond donors (Lipinski definition) is 1. The van der Waals surface area contributed by atoms with Crippen LogP contribution in [0.25, 0.3) is 11.1 Å². The zero-order valence-corrected chi connectivity index (χ0v) is 17.2. The van der Waals surface area contributed by atoms with Crippen LogP contribution in [0.5, 0.6) is 17.2 Å². The van der Waals surface area contributed by atoms with Crippen LogP contribution >= 0.6 is 0 Å². The molecule has 0 spiro atoms. The first-order valence-corrected chi connectivity index (χ1v) is 10.7. The summed E-state index contributed by atoms with van der Waals surface area (Å²) in [6, 6.07) is 5.96. The van der Waals surface area contributed by atoms with Crippen molar-refractivity contribution in [3.8, 4) is 40.7 Å². The number of halogens is 3. The number of ether oxygens (including phenoxy) is 1. The van der Waals surface area contributed by atoms with Crippen LogP contribution in [0.3, 0.4) is 0 Å². The molecule has 0 saturated carbocycles. The molecule has 2 aromatic carbocycles. The van der Waals surface area contributed by atoms with Gasteiger partial charge < -0.3 is 14.0 Å². The normalized spacial score (nSPS) is 18.0. The molecule has 0 saturated heterocycles. The minimum atomic E-state index is -5.93. The number of methoxy groups -OCH3 is 1. The molecule has 2 aromatic rings. The molecule has 164 valence electrons. The van der Waals surface area contributed by atoms with Gasteiger partial charge in [-0.2, -0.15) is 21.6 Å². The average Bonchev–Trinajstić information content (AvgIpc) is 2.70. The smallest absolute Gasteiger partial charge is 0.504 e. The van der Waals surface area contributed by atoms with Crippen molar-refractivity contribution in [2.24, 2.45) is 0 Å². The molecule has 0 unspecified atom stereocenters. The van der Waals surface area contributed by atoms with Gasteiger partial charge in [0.05, 0.1) is 13.7 Å². The van der Waals surface area contributed by atoms with Gasteiger partial charge in [0.1, 0.15) is 5.75 Å². The van der Waals surface area contributed by atoms with E-state index < -0.39 is 27.1 Å². The molecule has 0 radical (unpaired) electrons. The molecular formula is C21H18F3NO5S. The lowest BCUT2D eigenvalue weighted by Crippen LogP contribution is -2.38. The number of aromatic hydroxyl groups is 1. The van der Waals surface area contributed by atoms with E-state index in [4.69, 9.17) is 11.2 Å². The Morgan fingerprint density at radius 3 is 2.68 bits per heavy atom. The number of rotatable bonds is 4. The molecule has 31 heavy (non-hydrogen) atoms. The highest BCUT2D eigenvalue weighted by molar-refractivity contribution is 7.88. The number of phenols is 1. The third-order valence-corrected chi connectivity index (χ3v) is 6.57. The maximum atomic E-state index is 12.8. The van der Waals surface area contributed by atoms with E-state index in [-0.39, 0.29) is 11.6 Å². The van der Waals surface area contributed by atoms with Gasteiger partial charge in [0.15, 0.2) is 11.5 Å². The van der Waals surface area contributed by atoms with Crippen LogP contribution in [-0.4, -0.2) is 44.1 Å². The van der Waals surface area contributed by atoms with Crippen LogP contribution in [0.15, 0.2) is 24.3 Å². The number of terminal acetylenes is 1. The third-order valence-electron chi connectivity index (χ3n) is 5.60. The van der Waals surface area contributed by atoms with Crippen LogP contribution in [0.2, 0.25) is 0 Å². The van der Waals surface area contributed by atoms with Crippen molar-refractivity contribution < 1.29 is 35.6 Å². The van der Waals surface area contributed by atoms with Crippen molar-refractivity contribution in [2.75, 3.05) is 20.2 Å². The second kappa shape index (κ2) is 7.35. The summed E-state index contributed by atoms with van der Waals surface area (Å²) >= 11 is 0. The van der Waals surface area contributed by atoms with E-state index in [2.05, 4.69) is 15.0 Å². The number of hydrogen-bond acceptors (Lipinski definition) is 6. The summed E-state index contributed by atoms with van der Waals surface area (Å²) in [5.74, 6) is 1.69. The van der Waals surface area contributed by atoms with E-state index in [0.29, 0.717) is 36.3 Å². The molecule has 1 N–H and O–H groups in total. The van der Waals surface area contributed by atoms with Gasteiger partial charge in [0.2, 0.25) is 0 Å². The van der Waals surface area contributed by atoms with Crippen molar-refractivity contribution in [1.29, 1.82) is 0 Å². The molecule has 10 heteroatoms. The second-order valence-corrected chi connectivity index (χ2v) is 8.86. The predicted octanol–water partition coefficient (Wildman–Crippen LogP) is 3.38. The van der Waals surface area contributed by atoms with E-state index in [1.165, 1.54) is 13.2 Å². The summed E-state index contributed by atoms with van der Waals surface area (Å²) in [4.78, 5) is 2.12. The molecule has 2 aliphatic rings. The Morgan fingerprint density at radius 2 is 2.03 bits per heavy atom. The molecule has 0 amide bonds. The molecule has 4 rings (SSSR count). The highest BCUT2D eigenvalue weighted by atomic mass is 32.2. The lowest BCUT2D eigenvalue weighted by molar-refractivity contribution is -0.0500. The number of nitrogens with zero attached hydrogens (tertiary/aromatic N) is 1. The Bertz CT molecular complexity index is 1200. The molecule has 1 aliphatic carbocycles. The molecule has 6 nitrogen and oxygen atoms in total. The van der Waals surface area contributed by atoms with Gasteiger partial charge >= 0.3 is 15.6 Å². The van der Waals surface area contributed by atoms with Crippen LogP contribution in [0, 0.1) is 12.3 Å². The van der Waals surface area contributed by atoms with E-state index >= 15 is 0 Å². The Balaban J connectivity index is 1.90. The fourth-order valence-corrected chi connectivity index (χ4v) is 4.74. The quantitative estimate of drug-likeness (QED) is 0.435. The maximum absolute atomic E-state index is 12.8. The zero-order chi connectivity index (χ0) is 22.6. The highest BCUT2D eigenvalue weighted by Crippen LogP contribution is 2.52. The minimum Gasteiger partial charge on any atom is -0.504 e. The van der Waals surface area contributed by atoms with E-state index in [1.54, 1.807) is 6.07 Å². The molecule has 0 aromatic heterocycles. The van der Waals surface area contributed by atoms with Crippen LogP contribution in [0.4, 0.5) is 13.2 Å². The summed E-state index contributed by atoms with van der Waals surface area (Å²) in [5.41, 5.74) is -2.34. The summed E-state index contributed by atoms with van der Waals surface area (Å²) in [5, 5.41) is 10.8. The maximum Gasteiger partial charge on any atom is 0.534 e. The first-order chi connectivity index (χ1) is 14.6. The van der Waals surface area contributed by atoms with Gasteiger partial charge in [0, 0.05) is 18.2 Å². The fraction of sp³-hybridized carbons (Fsp3) is 0.333. The highest BCUT2D eigenvalue weighted by Gasteiger charge is 2.49. The van der Waals surface area contributed by atoms with E-state index in [0.717, 1.165) is 23.7 Å². The summed E-state index contributed by atoms with van der Waals surface area (Å²) in [6.45, 7) is 1.14. The van der Waals surface area contributed by atoms with Gasteiger partial charge in [-0.15, -0.1) is 6.42 Å². The number of phenolic OH excluding ortho intramolecular Hbond substituents is 1. The third kappa shape index (κ3) is 3.47. The molecule has 0 bridgehead atoms. The number of fused-ring (bicyclic) bond motifs is 2. The Morgan fingerprint density at radius 1 is 1.29 bits per heavy atom. The minimum absolute atomic E-state index is 0.0849. The monoisotopic (exact) mass is 453 g/mol. The molecule has 1 aliphatic heterocycles. The SMILES string of the molecule is C#CCN1CCc2cc(OC)cc3c2[C@H]1Cc1ccc(OS(=O)(=O)C(F)(F)F)c(O)c1-3. The Kier molecular flexibility index (Phi) is 5.06. The molecule has 0 fully saturated rings. The first-order valence-electron chi connectivity index (χ1n) is 9.31. The van der Waals surface area contributed by atoms with Crippen molar-refractivity contribution >= 4 is 10.1 Å². The second-order valence-electron chi connectivity index (χ2n) is 7.32. The topological polar surface area (TPSA) is 76.1 Å². The van der Waals surface area contributed by atoms with Gasteiger partial charge in [-0.1, -0.05) is 12.0 Å². The van der Waals surface area contributed by atoms with Gasteiger partial charge in [-0.05, 0) is 53.3 Å². The number of alkyl halides is 3. The van der Waals surface area contributed by atoms with Gasteiger partial charge in [-0.3, -0.25) is 4.90 Å².